The smallest absolute Gasteiger partial charge is 0.319 e. The van der Waals surface area contributed by atoms with Crippen LogP contribution < -0.4 is 10.6 Å². The minimum absolute atomic E-state index is 0.147. The molecule has 1 heterocycles. The first-order chi connectivity index (χ1) is 12.0. The number of hydrogen-bond acceptors (Lipinski definition) is 4. The van der Waals surface area contributed by atoms with Crippen LogP contribution in [-0.4, -0.2) is 26.2 Å². The van der Waals surface area contributed by atoms with E-state index in [0.29, 0.717) is 5.69 Å². The number of anilines is 1. The second-order valence-corrected chi connectivity index (χ2v) is 4.89. The number of nitrogens with zero attached hydrogens (tertiary/aromatic N) is 4. The van der Waals surface area contributed by atoms with Crippen molar-refractivity contribution in [1.29, 1.82) is 0 Å². The second kappa shape index (κ2) is 6.99. The molecule has 0 bridgehead atoms. The van der Waals surface area contributed by atoms with Crippen LogP contribution in [0.2, 0.25) is 0 Å². The Balaban J connectivity index is 1.69. The van der Waals surface area contributed by atoms with Crippen LogP contribution in [0.5, 0.6) is 0 Å². The van der Waals surface area contributed by atoms with Crippen molar-refractivity contribution < 1.29 is 18.0 Å². The van der Waals surface area contributed by atoms with Crippen molar-refractivity contribution in [3.05, 3.63) is 65.7 Å². The molecule has 0 aliphatic heterocycles. The van der Waals surface area contributed by atoms with Gasteiger partial charge in [-0.2, -0.15) is 4.68 Å². The Morgan fingerprint density at radius 1 is 1.08 bits per heavy atom. The largest absolute Gasteiger partial charge is 0.330 e. The first-order valence-electron chi connectivity index (χ1n) is 7.06. The summed E-state index contributed by atoms with van der Waals surface area (Å²) in [5.74, 6) is -2.08. The van der Waals surface area contributed by atoms with Crippen LogP contribution in [-0.2, 0) is 6.54 Å². The lowest BCUT2D eigenvalue weighted by molar-refractivity contribution is 0.251. The van der Waals surface area contributed by atoms with Crippen molar-refractivity contribution in [2.75, 3.05) is 5.32 Å². The zero-order valence-corrected chi connectivity index (χ0v) is 12.6. The fourth-order valence-electron chi connectivity index (χ4n) is 2.06. The molecule has 0 spiro atoms. The van der Waals surface area contributed by atoms with Crippen LogP contribution in [0.1, 0.15) is 5.82 Å². The molecule has 25 heavy (non-hydrogen) atoms. The molecule has 2 aromatic carbocycles. The van der Waals surface area contributed by atoms with Gasteiger partial charge in [0.2, 0.25) is 0 Å². The van der Waals surface area contributed by atoms with Crippen molar-refractivity contribution in [1.82, 2.24) is 25.5 Å². The van der Waals surface area contributed by atoms with Gasteiger partial charge in [0.15, 0.2) is 5.82 Å². The first kappa shape index (κ1) is 16.4. The molecule has 0 fully saturated rings. The summed E-state index contributed by atoms with van der Waals surface area (Å²) >= 11 is 0. The highest BCUT2D eigenvalue weighted by Gasteiger charge is 2.14. The van der Waals surface area contributed by atoms with Crippen LogP contribution in [0.4, 0.5) is 23.7 Å². The fourth-order valence-corrected chi connectivity index (χ4v) is 2.06. The van der Waals surface area contributed by atoms with Crippen molar-refractivity contribution in [2.24, 2.45) is 0 Å². The van der Waals surface area contributed by atoms with E-state index in [4.69, 9.17) is 0 Å². The third kappa shape index (κ3) is 3.74. The third-order valence-electron chi connectivity index (χ3n) is 3.20. The number of halogens is 3. The quantitative estimate of drug-likeness (QED) is 0.758. The molecule has 0 unspecified atom stereocenters. The summed E-state index contributed by atoms with van der Waals surface area (Å²) in [4.78, 5) is 11.8. The molecule has 7 nitrogen and oxygen atoms in total. The number of nitrogens with one attached hydrogen (secondary N) is 2. The Kier molecular flexibility index (Phi) is 4.59. The van der Waals surface area contributed by atoms with Gasteiger partial charge in [-0.3, -0.25) is 0 Å². The van der Waals surface area contributed by atoms with Crippen LogP contribution >= 0.6 is 0 Å². The van der Waals surface area contributed by atoms with Crippen molar-refractivity contribution >= 4 is 11.7 Å². The second-order valence-electron chi connectivity index (χ2n) is 4.89. The lowest BCUT2D eigenvalue weighted by Crippen LogP contribution is -2.30. The summed E-state index contributed by atoms with van der Waals surface area (Å²) in [6.45, 7) is -0.147. The highest BCUT2D eigenvalue weighted by molar-refractivity contribution is 5.89. The topological polar surface area (TPSA) is 84.7 Å². The number of tetrazole rings is 1. The Hall–Kier alpha value is -3.43. The van der Waals surface area contributed by atoms with Gasteiger partial charge in [-0.05, 0) is 40.8 Å². The molecule has 0 aliphatic carbocycles. The van der Waals surface area contributed by atoms with Gasteiger partial charge in [0.25, 0.3) is 0 Å². The zero-order valence-electron chi connectivity index (χ0n) is 12.6. The van der Waals surface area contributed by atoms with E-state index in [1.54, 1.807) is 6.07 Å². The van der Waals surface area contributed by atoms with E-state index < -0.39 is 29.2 Å². The van der Waals surface area contributed by atoms with Gasteiger partial charge in [-0.25, -0.2) is 18.0 Å². The number of urea groups is 1. The lowest BCUT2D eigenvalue weighted by Gasteiger charge is -2.09. The van der Waals surface area contributed by atoms with Crippen molar-refractivity contribution in [2.45, 2.75) is 6.54 Å². The van der Waals surface area contributed by atoms with Gasteiger partial charge in [0, 0.05) is 0 Å². The summed E-state index contributed by atoms with van der Waals surface area (Å²) in [6, 6.07) is 7.91. The van der Waals surface area contributed by atoms with E-state index in [2.05, 4.69) is 26.2 Å². The number of carbonyl (C=O) groups excluding carboxylic acids is 1. The molecule has 0 aliphatic rings. The van der Waals surface area contributed by atoms with E-state index in [-0.39, 0.29) is 12.4 Å². The van der Waals surface area contributed by atoms with E-state index in [1.807, 2.05) is 0 Å². The monoisotopic (exact) mass is 348 g/mol. The Bertz CT molecular complexity index is 894. The van der Waals surface area contributed by atoms with Gasteiger partial charge in [-0.15, -0.1) is 5.10 Å². The van der Waals surface area contributed by atoms with Gasteiger partial charge in [0.1, 0.15) is 23.1 Å². The first-order valence-corrected chi connectivity index (χ1v) is 7.06. The number of rotatable bonds is 4. The maximum atomic E-state index is 13.5. The van der Waals surface area contributed by atoms with Gasteiger partial charge in [0.05, 0.1) is 12.2 Å². The lowest BCUT2D eigenvalue weighted by atomic mass is 10.3. The Morgan fingerprint density at radius 2 is 1.80 bits per heavy atom. The average molecular weight is 348 g/mol. The summed E-state index contributed by atoms with van der Waals surface area (Å²) in [6.07, 6.45) is 0. The molecule has 2 amide bonds. The van der Waals surface area contributed by atoms with Crippen LogP contribution in [0.25, 0.3) is 5.69 Å². The average Bonchev–Trinajstić information content (AvgIpc) is 3.05. The third-order valence-corrected chi connectivity index (χ3v) is 3.20. The van der Waals surface area contributed by atoms with E-state index in [1.165, 1.54) is 28.9 Å². The number of hydrogen-bond donors (Lipinski definition) is 2. The highest BCUT2D eigenvalue weighted by Crippen LogP contribution is 2.17. The highest BCUT2D eigenvalue weighted by atomic mass is 19.1. The zero-order chi connectivity index (χ0) is 17.8. The van der Waals surface area contributed by atoms with Crippen LogP contribution in [0.3, 0.4) is 0 Å². The molecule has 10 heteroatoms. The molecule has 3 rings (SSSR count). The number of benzene rings is 2. The van der Waals surface area contributed by atoms with Gasteiger partial charge >= 0.3 is 6.03 Å². The molecule has 0 atom stereocenters. The summed E-state index contributed by atoms with van der Waals surface area (Å²) in [5.41, 5.74) is -0.202. The number of aromatic nitrogens is 4. The molecule has 0 saturated carbocycles. The maximum Gasteiger partial charge on any atom is 0.319 e. The van der Waals surface area contributed by atoms with Crippen molar-refractivity contribution in [3.63, 3.8) is 0 Å². The van der Waals surface area contributed by atoms with E-state index in [0.717, 1.165) is 12.1 Å². The van der Waals surface area contributed by atoms with Crippen LogP contribution in [0, 0.1) is 17.5 Å². The molecular weight excluding hydrogens is 337 g/mol. The standard InChI is InChI=1S/C15H11F3N6O/c16-9-3-1-4-10(7-9)24-13(21-22-23-24)8-19-15(25)20-14-11(17)5-2-6-12(14)18/h1-7H,8H2,(H2,19,20,25). The molecule has 128 valence electrons. The van der Waals surface area contributed by atoms with Crippen molar-refractivity contribution in [3.8, 4) is 5.69 Å². The van der Waals surface area contributed by atoms with Crippen LogP contribution in [0.15, 0.2) is 42.5 Å². The predicted molar refractivity (Wildman–Crippen MR) is 81.3 cm³/mol. The molecule has 0 saturated heterocycles. The molecule has 2 N–H and O–H groups in total. The Labute approximate surface area is 139 Å². The summed E-state index contributed by atoms with van der Waals surface area (Å²) in [7, 11) is 0. The summed E-state index contributed by atoms with van der Waals surface area (Å²) in [5, 5.41) is 15.4. The SMILES string of the molecule is O=C(NCc1nnnn1-c1cccc(F)c1)Nc1c(F)cccc1F. The predicted octanol–water partition coefficient (Wildman–Crippen LogP) is 2.40. The normalized spacial score (nSPS) is 10.5. The van der Waals surface area contributed by atoms with Gasteiger partial charge < -0.3 is 10.6 Å². The molecule has 1 aromatic heterocycles. The molecule has 3 aromatic rings. The molecule has 0 radical (unpaired) electrons. The van der Waals surface area contributed by atoms with E-state index in [9.17, 15) is 18.0 Å². The maximum absolute atomic E-state index is 13.5. The minimum atomic E-state index is -0.903. The summed E-state index contributed by atoms with van der Waals surface area (Å²) < 4.78 is 41.5. The fraction of sp³-hybridized carbons (Fsp3) is 0.0667. The molecular formula is C15H11F3N6O. The minimum Gasteiger partial charge on any atom is -0.330 e. The van der Waals surface area contributed by atoms with E-state index >= 15 is 0 Å². The number of para-hydroxylation sites is 1. The Morgan fingerprint density at radius 3 is 2.52 bits per heavy atom. The number of amides is 2. The van der Waals surface area contributed by atoms with Gasteiger partial charge in [-0.1, -0.05) is 12.1 Å². The number of carbonyl (C=O) groups is 1.